The Bertz CT molecular complexity index is 592. The lowest BCUT2D eigenvalue weighted by atomic mass is 9.86. The maximum absolute atomic E-state index is 11.9. The molecule has 1 aliphatic heterocycles. The highest BCUT2D eigenvalue weighted by Crippen LogP contribution is 2.41. The Balaban J connectivity index is 2.24. The van der Waals surface area contributed by atoms with Crippen LogP contribution in [-0.4, -0.2) is 17.7 Å². The van der Waals surface area contributed by atoms with Gasteiger partial charge in [0, 0.05) is 11.1 Å². The first kappa shape index (κ1) is 11.0. The third kappa shape index (κ3) is 1.38. The number of hydrogen-bond acceptors (Lipinski definition) is 3. The van der Waals surface area contributed by atoms with E-state index in [-0.39, 0.29) is 12.6 Å². The third-order valence-corrected chi connectivity index (χ3v) is 3.31. The summed E-state index contributed by atoms with van der Waals surface area (Å²) in [4.78, 5) is 11.9. The van der Waals surface area contributed by atoms with E-state index < -0.39 is 5.60 Å². The summed E-state index contributed by atoms with van der Waals surface area (Å²) >= 11 is 0. The predicted octanol–water partition coefficient (Wildman–Crippen LogP) is 2.09. The standard InChI is InChI=1S/C15H12O3/c16-10-15(11-6-2-1-3-7-11)13-9-5-4-8-12(13)14(17)18-15/h1-9,16H,10H2/t15-/m0/s1. The van der Waals surface area contributed by atoms with Gasteiger partial charge in [0.1, 0.15) is 0 Å². The zero-order valence-electron chi connectivity index (χ0n) is 9.67. The fourth-order valence-corrected chi connectivity index (χ4v) is 2.41. The molecule has 0 saturated heterocycles. The number of cyclic esters (lactones) is 1. The van der Waals surface area contributed by atoms with E-state index in [1.807, 2.05) is 42.5 Å². The zero-order valence-corrected chi connectivity index (χ0v) is 9.67. The number of carbonyl (C=O) groups is 1. The highest BCUT2D eigenvalue weighted by atomic mass is 16.6. The summed E-state index contributed by atoms with van der Waals surface area (Å²) in [6.07, 6.45) is 0. The molecule has 0 unspecified atom stereocenters. The van der Waals surface area contributed by atoms with Gasteiger partial charge in [-0.15, -0.1) is 0 Å². The van der Waals surface area contributed by atoms with Crippen LogP contribution in [0.25, 0.3) is 0 Å². The molecule has 2 aromatic carbocycles. The largest absolute Gasteiger partial charge is 0.443 e. The van der Waals surface area contributed by atoms with Crippen LogP contribution in [0.15, 0.2) is 54.6 Å². The van der Waals surface area contributed by atoms with Crippen molar-refractivity contribution in [1.82, 2.24) is 0 Å². The van der Waals surface area contributed by atoms with Gasteiger partial charge in [0.25, 0.3) is 0 Å². The van der Waals surface area contributed by atoms with Gasteiger partial charge in [-0.05, 0) is 6.07 Å². The predicted molar refractivity (Wildman–Crippen MR) is 66.2 cm³/mol. The van der Waals surface area contributed by atoms with E-state index >= 15 is 0 Å². The number of carbonyl (C=O) groups excluding carboxylic acids is 1. The van der Waals surface area contributed by atoms with Crippen LogP contribution in [0.1, 0.15) is 21.5 Å². The molecule has 0 radical (unpaired) electrons. The van der Waals surface area contributed by atoms with Crippen molar-refractivity contribution in [2.45, 2.75) is 5.60 Å². The molecule has 0 fully saturated rings. The minimum absolute atomic E-state index is 0.264. The number of aliphatic hydroxyl groups is 1. The van der Waals surface area contributed by atoms with Crippen LogP contribution in [-0.2, 0) is 10.3 Å². The van der Waals surface area contributed by atoms with Gasteiger partial charge in [0.05, 0.1) is 12.2 Å². The van der Waals surface area contributed by atoms with Crippen LogP contribution >= 0.6 is 0 Å². The molecule has 1 aliphatic rings. The highest BCUT2D eigenvalue weighted by Gasteiger charge is 2.46. The molecule has 0 saturated carbocycles. The summed E-state index contributed by atoms with van der Waals surface area (Å²) in [5, 5.41) is 9.76. The molecule has 3 nitrogen and oxygen atoms in total. The Kier molecular flexibility index (Phi) is 2.42. The van der Waals surface area contributed by atoms with Crippen LogP contribution in [0.3, 0.4) is 0 Å². The summed E-state index contributed by atoms with van der Waals surface area (Å²) in [6.45, 7) is -0.264. The Labute approximate surface area is 105 Å². The summed E-state index contributed by atoms with van der Waals surface area (Å²) in [5.74, 6) is -0.386. The number of fused-ring (bicyclic) bond motifs is 1. The molecule has 1 heterocycles. The van der Waals surface area contributed by atoms with E-state index in [1.165, 1.54) is 0 Å². The second-order valence-corrected chi connectivity index (χ2v) is 4.29. The normalized spacial score (nSPS) is 21.5. The van der Waals surface area contributed by atoms with Gasteiger partial charge in [-0.3, -0.25) is 0 Å². The van der Waals surface area contributed by atoms with Crippen molar-refractivity contribution in [2.24, 2.45) is 0 Å². The van der Waals surface area contributed by atoms with Crippen molar-refractivity contribution < 1.29 is 14.6 Å². The zero-order chi connectivity index (χ0) is 12.6. The van der Waals surface area contributed by atoms with Crippen molar-refractivity contribution in [3.63, 3.8) is 0 Å². The van der Waals surface area contributed by atoms with Gasteiger partial charge in [0.15, 0.2) is 5.60 Å². The molecule has 0 aromatic heterocycles. The molecule has 2 aromatic rings. The fourth-order valence-electron chi connectivity index (χ4n) is 2.41. The topological polar surface area (TPSA) is 46.5 Å². The second-order valence-electron chi connectivity index (χ2n) is 4.29. The van der Waals surface area contributed by atoms with Crippen molar-refractivity contribution in [3.05, 3.63) is 71.3 Å². The lowest BCUT2D eigenvalue weighted by Gasteiger charge is -2.27. The highest BCUT2D eigenvalue weighted by molar-refractivity contribution is 5.95. The molecule has 1 atom stereocenters. The van der Waals surface area contributed by atoms with Crippen LogP contribution in [0.5, 0.6) is 0 Å². The first-order chi connectivity index (χ1) is 8.78. The molecule has 18 heavy (non-hydrogen) atoms. The monoisotopic (exact) mass is 240 g/mol. The van der Waals surface area contributed by atoms with E-state index in [4.69, 9.17) is 4.74 Å². The average molecular weight is 240 g/mol. The van der Waals surface area contributed by atoms with E-state index in [0.29, 0.717) is 5.56 Å². The smallest absolute Gasteiger partial charge is 0.339 e. The number of rotatable bonds is 2. The van der Waals surface area contributed by atoms with Crippen molar-refractivity contribution in [1.29, 1.82) is 0 Å². The molecular formula is C15H12O3. The lowest BCUT2D eigenvalue weighted by molar-refractivity contribution is -0.0153. The van der Waals surface area contributed by atoms with Crippen LogP contribution in [0.2, 0.25) is 0 Å². The van der Waals surface area contributed by atoms with Gasteiger partial charge in [-0.1, -0.05) is 48.5 Å². The van der Waals surface area contributed by atoms with Crippen molar-refractivity contribution in [2.75, 3.05) is 6.61 Å². The lowest BCUT2D eigenvalue weighted by Crippen LogP contribution is -2.32. The molecular weight excluding hydrogens is 228 g/mol. The molecule has 0 amide bonds. The molecule has 90 valence electrons. The van der Waals surface area contributed by atoms with E-state index in [0.717, 1.165) is 11.1 Å². The summed E-state index contributed by atoms with van der Waals surface area (Å²) in [6, 6.07) is 16.5. The molecule has 3 rings (SSSR count). The summed E-state index contributed by atoms with van der Waals surface area (Å²) in [5.41, 5.74) is 0.972. The molecule has 1 N–H and O–H groups in total. The van der Waals surface area contributed by atoms with Gasteiger partial charge < -0.3 is 9.84 Å². The van der Waals surface area contributed by atoms with Gasteiger partial charge in [-0.25, -0.2) is 4.79 Å². The van der Waals surface area contributed by atoms with Crippen LogP contribution in [0, 0.1) is 0 Å². The Morgan fingerprint density at radius 1 is 1.00 bits per heavy atom. The average Bonchev–Trinajstić information content (AvgIpc) is 2.74. The van der Waals surface area contributed by atoms with Crippen molar-refractivity contribution in [3.8, 4) is 0 Å². The van der Waals surface area contributed by atoms with Crippen LogP contribution < -0.4 is 0 Å². The van der Waals surface area contributed by atoms with Crippen molar-refractivity contribution >= 4 is 5.97 Å². The fraction of sp³-hybridized carbons (Fsp3) is 0.133. The molecule has 3 heteroatoms. The van der Waals surface area contributed by atoms with E-state index in [1.54, 1.807) is 12.1 Å². The number of benzene rings is 2. The van der Waals surface area contributed by atoms with Gasteiger partial charge >= 0.3 is 5.97 Å². The Hall–Kier alpha value is -2.13. The maximum Gasteiger partial charge on any atom is 0.339 e. The first-order valence-corrected chi connectivity index (χ1v) is 5.77. The molecule has 0 aliphatic carbocycles. The molecule has 0 bridgehead atoms. The van der Waals surface area contributed by atoms with E-state index in [9.17, 15) is 9.90 Å². The SMILES string of the molecule is O=C1O[C@@](CO)(c2ccccc2)c2ccccc21. The summed E-state index contributed by atoms with van der Waals surface area (Å²) in [7, 11) is 0. The number of aliphatic hydroxyl groups excluding tert-OH is 1. The minimum atomic E-state index is -1.06. The number of esters is 1. The summed E-state index contributed by atoms with van der Waals surface area (Å²) < 4.78 is 5.47. The minimum Gasteiger partial charge on any atom is -0.443 e. The maximum atomic E-state index is 11.9. The Morgan fingerprint density at radius 2 is 1.67 bits per heavy atom. The Morgan fingerprint density at radius 3 is 2.39 bits per heavy atom. The van der Waals surface area contributed by atoms with Crippen LogP contribution in [0.4, 0.5) is 0 Å². The van der Waals surface area contributed by atoms with Gasteiger partial charge in [-0.2, -0.15) is 0 Å². The quantitative estimate of drug-likeness (QED) is 0.818. The molecule has 0 spiro atoms. The van der Waals surface area contributed by atoms with Gasteiger partial charge in [0.2, 0.25) is 0 Å². The second kappa shape index (κ2) is 3.96. The number of hydrogen-bond donors (Lipinski definition) is 1. The first-order valence-electron chi connectivity index (χ1n) is 5.77. The third-order valence-electron chi connectivity index (χ3n) is 3.31. The number of ether oxygens (including phenoxy) is 1. The van der Waals surface area contributed by atoms with E-state index in [2.05, 4.69) is 0 Å².